The van der Waals surface area contributed by atoms with Crippen LogP contribution in [0.15, 0.2) is 60.7 Å². The summed E-state index contributed by atoms with van der Waals surface area (Å²) in [6.07, 6.45) is 0.274. The molecule has 19 nitrogen and oxygen atoms in total. The molecule has 80 heavy (non-hydrogen) atoms. The molecular formula is C61H94N8O11. The summed E-state index contributed by atoms with van der Waals surface area (Å²) < 4.78 is 6.11. The summed E-state index contributed by atoms with van der Waals surface area (Å²) in [4.78, 5) is 141. The molecule has 2 fully saturated rings. The minimum atomic E-state index is -1.97. The number of esters is 1. The van der Waals surface area contributed by atoms with Crippen molar-refractivity contribution in [3.8, 4) is 0 Å². The zero-order valence-electron chi connectivity index (χ0n) is 50.5. The van der Waals surface area contributed by atoms with Crippen LogP contribution in [0.5, 0.6) is 0 Å². The van der Waals surface area contributed by atoms with Crippen molar-refractivity contribution >= 4 is 53.2 Å². The molecule has 2 aromatic carbocycles. The van der Waals surface area contributed by atoms with Crippen molar-refractivity contribution in [3.63, 3.8) is 0 Å². The van der Waals surface area contributed by atoms with E-state index in [1.54, 1.807) is 39.8 Å². The van der Waals surface area contributed by atoms with E-state index >= 15 is 9.59 Å². The summed E-state index contributed by atoms with van der Waals surface area (Å²) in [5, 5.41) is 20.5. The van der Waals surface area contributed by atoms with Crippen molar-refractivity contribution < 1.29 is 53.0 Å². The van der Waals surface area contributed by atoms with Gasteiger partial charge in [0.1, 0.15) is 42.3 Å². The highest BCUT2D eigenvalue weighted by atomic mass is 16.6. The molecular weight excluding hydrogens is 1020 g/mol. The molecule has 2 saturated heterocycles. The third kappa shape index (κ3) is 16.8. The molecule has 8 amide bonds. The van der Waals surface area contributed by atoms with E-state index in [0.717, 1.165) is 10.5 Å². The molecule has 2 aliphatic rings. The number of likely N-dealkylation sites (N-methyl/N-ethyl adjacent to an activating group) is 4. The Balaban J connectivity index is 1.98. The Kier molecular flexibility index (Phi) is 24.3. The normalized spacial score (nSPS) is 26.3. The number of fused-ring (bicyclic) bond motifs is 1. The van der Waals surface area contributed by atoms with Gasteiger partial charge in [0.25, 0.3) is 5.91 Å². The molecule has 11 atom stereocenters. The van der Waals surface area contributed by atoms with Crippen LogP contribution in [-0.2, 0) is 60.7 Å². The van der Waals surface area contributed by atoms with Crippen LogP contribution in [0.4, 0.5) is 0 Å². The highest BCUT2D eigenvalue weighted by molar-refractivity contribution is 5.99. The zero-order valence-corrected chi connectivity index (χ0v) is 50.5. The van der Waals surface area contributed by atoms with E-state index in [1.165, 1.54) is 61.6 Å². The van der Waals surface area contributed by atoms with Crippen LogP contribution in [0.3, 0.4) is 0 Å². The van der Waals surface area contributed by atoms with E-state index in [4.69, 9.17) is 4.74 Å². The lowest BCUT2D eigenvalue weighted by molar-refractivity contribution is -0.177. The quantitative estimate of drug-likeness (QED) is 0.188. The third-order valence-corrected chi connectivity index (χ3v) is 16.0. The minimum Gasteiger partial charge on any atom is -0.450 e. The number of cyclic esters (lactones) is 1. The molecule has 4 N–H and O–H groups in total. The number of amides is 8. The maximum absolute atomic E-state index is 15.3. The van der Waals surface area contributed by atoms with Gasteiger partial charge in [-0.05, 0) is 80.8 Å². The van der Waals surface area contributed by atoms with Gasteiger partial charge in [0.15, 0.2) is 12.1 Å². The van der Waals surface area contributed by atoms with Gasteiger partial charge in [-0.15, -0.1) is 0 Å². The Bertz CT molecular complexity index is 2450. The van der Waals surface area contributed by atoms with Crippen molar-refractivity contribution in [2.45, 2.75) is 194 Å². The largest absolute Gasteiger partial charge is 0.450 e. The molecule has 0 radical (unpaired) electrons. The van der Waals surface area contributed by atoms with Crippen LogP contribution in [-0.4, -0.2) is 178 Å². The van der Waals surface area contributed by atoms with Crippen LogP contribution >= 0.6 is 0 Å². The minimum absolute atomic E-state index is 0.00640. The Labute approximate surface area is 475 Å². The predicted octanol–water partition coefficient (Wildman–Crippen LogP) is 4.76. The Morgan fingerprint density at radius 2 is 1.09 bits per heavy atom. The van der Waals surface area contributed by atoms with E-state index in [1.807, 2.05) is 90.1 Å². The number of nitrogens with one attached hydrogen (secondary N) is 3. The first-order valence-corrected chi connectivity index (χ1v) is 28.8. The van der Waals surface area contributed by atoms with Gasteiger partial charge >= 0.3 is 5.97 Å². The summed E-state index contributed by atoms with van der Waals surface area (Å²) in [7, 11) is 5.70. The van der Waals surface area contributed by atoms with Gasteiger partial charge in [0.05, 0.1) is 5.60 Å². The van der Waals surface area contributed by atoms with Gasteiger partial charge in [-0.1, -0.05) is 136 Å². The summed E-state index contributed by atoms with van der Waals surface area (Å²) >= 11 is 0. The second kappa shape index (κ2) is 29.4. The molecule has 0 saturated carbocycles. The van der Waals surface area contributed by atoms with Crippen LogP contribution in [0.1, 0.15) is 133 Å². The monoisotopic (exact) mass is 1110 g/mol. The lowest BCUT2D eigenvalue weighted by Crippen LogP contribution is -2.62. The van der Waals surface area contributed by atoms with Crippen LogP contribution in [0, 0.1) is 29.6 Å². The second-order valence-corrected chi connectivity index (χ2v) is 24.1. The average Bonchev–Trinajstić information content (AvgIpc) is 3.90. The molecule has 0 aliphatic carbocycles. The van der Waals surface area contributed by atoms with Crippen molar-refractivity contribution in [1.82, 2.24) is 40.4 Å². The maximum Gasteiger partial charge on any atom is 0.332 e. The van der Waals surface area contributed by atoms with Gasteiger partial charge < -0.3 is 50.3 Å². The molecule has 0 unspecified atom stereocenters. The Morgan fingerprint density at radius 3 is 1.60 bits per heavy atom. The lowest BCUT2D eigenvalue weighted by atomic mass is 9.93. The number of benzene rings is 2. The van der Waals surface area contributed by atoms with E-state index in [0.29, 0.717) is 24.8 Å². The van der Waals surface area contributed by atoms with E-state index < -0.39 is 131 Å². The maximum atomic E-state index is 15.3. The van der Waals surface area contributed by atoms with E-state index in [9.17, 15) is 38.7 Å². The number of hydrogen-bond acceptors (Lipinski definition) is 11. The van der Waals surface area contributed by atoms with Crippen LogP contribution < -0.4 is 16.0 Å². The number of carbonyl (C=O) groups is 9. The molecule has 4 rings (SSSR count). The standard InChI is InChI=1S/C61H94N8O11/c1-17-39(9)48-58(76)65(13)46(33-37(5)6)53(71)62-43(32-36(3)4)56(74)68(16)51(61(11,12)79)60(78)80-50(40(10)18-2)59(77)67(15)49(38(7)8)54(72)63-44(34-41-26-21-19-22-27-41)55(73)66(14)47(35-42-28-23-20-24-29-42)57(75)69-31-25-30-45(69)52(70)64-48/h19-24,26-29,36-40,43-51,79H,17-18,25,30-35H2,1-16H3,(H,62,71)(H,63,72)(H,64,70)/t39-,40-,43+,44+,45+,46+,47-,48+,49-,50-,51-/m1/s1. The number of hydrogen-bond donors (Lipinski definition) is 4. The smallest absolute Gasteiger partial charge is 0.332 e. The fourth-order valence-electron chi connectivity index (χ4n) is 11.0. The van der Waals surface area contributed by atoms with Crippen molar-refractivity contribution in [1.29, 1.82) is 0 Å². The zero-order chi connectivity index (χ0) is 60.1. The summed E-state index contributed by atoms with van der Waals surface area (Å²) in [5.74, 6) is -8.22. The van der Waals surface area contributed by atoms with E-state index in [2.05, 4.69) is 16.0 Å². The summed E-state index contributed by atoms with van der Waals surface area (Å²) in [5.41, 5.74) is -0.550. The third-order valence-electron chi connectivity index (χ3n) is 16.0. The van der Waals surface area contributed by atoms with Crippen molar-refractivity contribution in [2.75, 3.05) is 34.7 Å². The number of ether oxygens (including phenoxy) is 1. The van der Waals surface area contributed by atoms with Gasteiger partial charge in [0, 0.05) is 53.5 Å². The first-order valence-electron chi connectivity index (χ1n) is 28.8. The van der Waals surface area contributed by atoms with Gasteiger partial charge in [0.2, 0.25) is 41.4 Å². The topological polar surface area (TPSA) is 235 Å². The van der Waals surface area contributed by atoms with Gasteiger partial charge in [-0.3, -0.25) is 38.4 Å². The average molecular weight is 1120 g/mol. The summed E-state index contributed by atoms with van der Waals surface area (Å²) in [6.45, 7) is 21.0. The van der Waals surface area contributed by atoms with Crippen LogP contribution in [0.25, 0.3) is 0 Å². The van der Waals surface area contributed by atoms with E-state index in [-0.39, 0.29) is 50.5 Å². The number of carbonyl (C=O) groups excluding carboxylic acids is 9. The van der Waals surface area contributed by atoms with Crippen LogP contribution in [0.2, 0.25) is 0 Å². The lowest BCUT2D eigenvalue weighted by Gasteiger charge is -2.39. The Hall–Kier alpha value is -6.37. The highest BCUT2D eigenvalue weighted by Crippen LogP contribution is 2.27. The SMILES string of the molecule is CC[C@@H](C)[C@@H]1NC(=O)[C@@H]2CCCN2C(=O)[C@@H](Cc2ccccc2)N(C)C(=O)[C@H](Cc2ccccc2)NC(=O)[C@@H](C(C)C)N(C)C(=O)[C@@H]([C@H](C)CC)OC(=O)[C@H](C(C)(C)O)N(C)C(=O)[C@H](CC(C)C)NC(=O)[C@H](CC(C)C)N(C)C1=O. The molecule has 444 valence electrons. The molecule has 2 heterocycles. The first kappa shape index (κ1) is 66.1. The first-order chi connectivity index (χ1) is 37.5. The molecule has 0 aromatic heterocycles. The fourth-order valence-corrected chi connectivity index (χ4v) is 11.0. The van der Waals surface area contributed by atoms with Gasteiger partial charge in [-0.25, -0.2) is 4.79 Å². The predicted molar refractivity (Wildman–Crippen MR) is 306 cm³/mol. The number of aliphatic hydroxyl groups is 1. The second-order valence-electron chi connectivity index (χ2n) is 24.1. The van der Waals surface area contributed by atoms with Gasteiger partial charge in [-0.2, -0.15) is 0 Å². The van der Waals surface area contributed by atoms with Crippen molar-refractivity contribution in [3.05, 3.63) is 71.8 Å². The molecule has 2 aromatic rings. The molecule has 19 heteroatoms. The molecule has 0 spiro atoms. The fraction of sp³-hybridized carbons (Fsp3) is 0.656. The molecule has 2 aliphatic heterocycles. The highest BCUT2D eigenvalue weighted by Gasteiger charge is 2.48. The Morgan fingerprint density at radius 1 is 0.575 bits per heavy atom. The number of rotatable bonds is 14. The van der Waals surface area contributed by atoms with Crippen molar-refractivity contribution in [2.24, 2.45) is 29.6 Å². The molecule has 0 bridgehead atoms. The number of nitrogens with zero attached hydrogens (tertiary/aromatic N) is 5. The summed E-state index contributed by atoms with van der Waals surface area (Å²) in [6, 6.07) is 8.15.